The maximum absolute atomic E-state index is 14.0. The smallest absolute Gasteiger partial charge is 0.435 e. The first kappa shape index (κ1) is 24.8. The minimum atomic E-state index is -4.86. The second-order valence-electron chi connectivity index (χ2n) is 8.24. The predicted molar refractivity (Wildman–Crippen MR) is 137 cm³/mol. The fourth-order valence-electron chi connectivity index (χ4n) is 4.07. The third kappa shape index (κ3) is 4.63. The van der Waals surface area contributed by atoms with Gasteiger partial charge in [-0.05, 0) is 48.5 Å². The number of ether oxygens (including phenoxy) is 2. The van der Waals surface area contributed by atoms with Gasteiger partial charge in [-0.15, -0.1) is 0 Å². The fourth-order valence-corrected chi connectivity index (χ4v) is 4.07. The number of amides is 1. The molecule has 0 atom stereocenters. The Labute approximate surface area is 216 Å². The van der Waals surface area contributed by atoms with Gasteiger partial charge in [0, 0.05) is 17.3 Å². The number of halogens is 3. The third-order valence-corrected chi connectivity index (χ3v) is 5.87. The van der Waals surface area contributed by atoms with Gasteiger partial charge in [0.25, 0.3) is 5.91 Å². The normalized spacial score (nSPS) is 14.7. The number of hydrogen-bond donors (Lipinski definition) is 0. The van der Waals surface area contributed by atoms with E-state index in [0.717, 1.165) is 5.01 Å². The molecule has 0 spiro atoms. The van der Waals surface area contributed by atoms with Crippen LogP contribution in [0.3, 0.4) is 0 Å². The molecule has 7 nitrogen and oxygen atoms in total. The number of hydrogen-bond acceptors (Lipinski definition) is 5. The molecule has 10 heteroatoms. The Morgan fingerprint density at radius 1 is 0.842 bits per heavy atom. The van der Waals surface area contributed by atoms with E-state index in [1.54, 1.807) is 42.6 Å². The lowest BCUT2D eigenvalue weighted by molar-refractivity contribution is -0.114. The lowest BCUT2D eigenvalue weighted by Gasteiger charge is -2.11. The molecule has 0 fully saturated rings. The Morgan fingerprint density at radius 2 is 1.47 bits per heavy atom. The Hall–Kier alpha value is -4.86. The van der Waals surface area contributed by atoms with Gasteiger partial charge in [0.1, 0.15) is 5.69 Å². The van der Waals surface area contributed by atoms with E-state index in [2.05, 4.69) is 10.2 Å². The molecule has 1 aliphatic rings. The number of nitrogens with zero attached hydrogens (tertiary/aromatic N) is 4. The molecular weight excluding hydrogens is 497 g/mol. The maximum Gasteiger partial charge on any atom is 0.435 e. The first-order valence-corrected chi connectivity index (χ1v) is 11.4. The molecule has 1 aliphatic heterocycles. The van der Waals surface area contributed by atoms with Crippen LogP contribution in [0.1, 0.15) is 5.56 Å². The van der Waals surface area contributed by atoms with Crippen LogP contribution in [0, 0.1) is 0 Å². The van der Waals surface area contributed by atoms with Gasteiger partial charge < -0.3 is 9.47 Å². The van der Waals surface area contributed by atoms with Crippen LogP contribution in [0.25, 0.3) is 23.0 Å². The SMILES string of the molecule is COc1ccc(-c2nn(-c3ccccc3)cc2/C=C2\C(=O)N(c3ccccc3)N=C2C(F)(F)F)cc1OC. The molecule has 192 valence electrons. The molecule has 0 saturated heterocycles. The van der Waals surface area contributed by atoms with Gasteiger partial charge >= 0.3 is 6.18 Å². The van der Waals surface area contributed by atoms with E-state index in [1.807, 2.05) is 30.3 Å². The van der Waals surface area contributed by atoms with Crippen LogP contribution in [0.4, 0.5) is 18.9 Å². The van der Waals surface area contributed by atoms with Crippen molar-refractivity contribution in [2.45, 2.75) is 6.18 Å². The highest BCUT2D eigenvalue weighted by molar-refractivity contribution is 6.34. The van der Waals surface area contributed by atoms with Crippen molar-refractivity contribution < 1.29 is 27.4 Å². The largest absolute Gasteiger partial charge is 0.493 e. The molecule has 0 bridgehead atoms. The Kier molecular flexibility index (Phi) is 6.46. The summed E-state index contributed by atoms with van der Waals surface area (Å²) >= 11 is 0. The van der Waals surface area contributed by atoms with Gasteiger partial charge in [-0.3, -0.25) is 4.79 Å². The quantitative estimate of drug-likeness (QED) is 0.298. The minimum Gasteiger partial charge on any atom is -0.493 e. The summed E-state index contributed by atoms with van der Waals surface area (Å²) in [4.78, 5) is 13.3. The highest BCUT2D eigenvalue weighted by Gasteiger charge is 2.47. The summed E-state index contributed by atoms with van der Waals surface area (Å²) in [6.45, 7) is 0. The molecule has 0 aliphatic carbocycles. The van der Waals surface area contributed by atoms with Gasteiger partial charge in [0.2, 0.25) is 0 Å². The highest BCUT2D eigenvalue weighted by atomic mass is 19.4. The zero-order valence-corrected chi connectivity index (χ0v) is 20.3. The molecule has 0 radical (unpaired) electrons. The molecule has 2 heterocycles. The highest BCUT2D eigenvalue weighted by Crippen LogP contribution is 2.36. The molecular formula is C28H21F3N4O3. The second-order valence-corrected chi connectivity index (χ2v) is 8.24. The van der Waals surface area contributed by atoms with Crippen LogP contribution in [0.5, 0.6) is 11.5 Å². The molecule has 5 rings (SSSR count). The summed E-state index contributed by atoms with van der Waals surface area (Å²) in [5.74, 6) is 0.00598. The van der Waals surface area contributed by atoms with Crippen LogP contribution in [-0.4, -0.2) is 41.8 Å². The van der Waals surface area contributed by atoms with E-state index in [4.69, 9.17) is 9.47 Å². The van der Waals surface area contributed by atoms with Gasteiger partial charge in [0.05, 0.1) is 31.2 Å². The van der Waals surface area contributed by atoms with Crippen LogP contribution >= 0.6 is 0 Å². The van der Waals surface area contributed by atoms with Crippen molar-refractivity contribution in [3.63, 3.8) is 0 Å². The number of aromatic nitrogens is 2. The summed E-state index contributed by atoms with van der Waals surface area (Å²) in [5.41, 5.74) is 0.230. The van der Waals surface area contributed by atoms with Crippen LogP contribution in [-0.2, 0) is 4.79 Å². The summed E-state index contributed by atoms with van der Waals surface area (Å²) < 4.78 is 54.4. The standard InChI is InChI=1S/C28H21F3N4O3/c1-37-23-14-13-18(16-24(23)38-2)25-19(17-34(32-25)20-9-5-3-6-10-20)15-22-26(28(29,30)31)33-35(27(22)36)21-11-7-4-8-12-21/h3-17H,1-2H3/b22-15-. The zero-order valence-electron chi connectivity index (χ0n) is 20.3. The first-order valence-electron chi connectivity index (χ1n) is 11.4. The molecule has 3 aromatic carbocycles. The van der Waals surface area contributed by atoms with E-state index in [-0.39, 0.29) is 11.3 Å². The van der Waals surface area contributed by atoms with E-state index >= 15 is 0 Å². The second kappa shape index (κ2) is 9.89. The molecule has 0 N–H and O–H groups in total. The number of methoxy groups -OCH3 is 2. The average molecular weight is 518 g/mol. The van der Waals surface area contributed by atoms with E-state index in [0.29, 0.717) is 28.4 Å². The molecule has 1 amide bonds. The first-order chi connectivity index (χ1) is 18.3. The maximum atomic E-state index is 14.0. The summed E-state index contributed by atoms with van der Waals surface area (Å²) in [5, 5.41) is 9.05. The van der Waals surface area contributed by atoms with Gasteiger partial charge in [-0.2, -0.15) is 28.4 Å². The molecule has 1 aromatic heterocycles. The molecule has 0 unspecified atom stereocenters. The van der Waals surface area contributed by atoms with Gasteiger partial charge in [-0.1, -0.05) is 36.4 Å². The van der Waals surface area contributed by atoms with Gasteiger partial charge in [-0.25, -0.2) is 4.68 Å². The lowest BCUT2D eigenvalue weighted by Crippen LogP contribution is -2.25. The average Bonchev–Trinajstić information content (AvgIpc) is 3.51. The van der Waals surface area contributed by atoms with Crippen molar-refractivity contribution >= 4 is 23.4 Å². The van der Waals surface area contributed by atoms with Crippen molar-refractivity contribution in [2.24, 2.45) is 5.10 Å². The summed E-state index contributed by atoms with van der Waals surface area (Å²) in [6, 6.07) is 22.1. The number of rotatable bonds is 6. The van der Waals surface area contributed by atoms with E-state index < -0.39 is 23.4 Å². The number of carbonyl (C=O) groups is 1. The zero-order chi connectivity index (χ0) is 26.9. The van der Waals surface area contributed by atoms with E-state index in [1.165, 1.54) is 37.1 Å². The summed E-state index contributed by atoms with van der Waals surface area (Å²) in [7, 11) is 2.98. The number of alkyl halides is 3. The molecule has 38 heavy (non-hydrogen) atoms. The fraction of sp³-hybridized carbons (Fsp3) is 0.107. The van der Waals surface area contributed by atoms with Crippen molar-refractivity contribution in [2.75, 3.05) is 19.2 Å². The van der Waals surface area contributed by atoms with E-state index in [9.17, 15) is 18.0 Å². The number of hydrazone groups is 1. The third-order valence-electron chi connectivity index (χ3n) is 5.87. The monoisotopic (exact) mass is 518 g/mol. The number of benzene rings is 3. The van der Waals surface area contributed by atoms with Crippen molar-refractivity contribution in [1.82, 2.24) is 9.78 Å². The van der Waals surface area contributed by atoms with Crippen molar-refractivity contribution in [1.29, 1.82) is 0 Å². The minimum absolute atomic E-state index is 0.225. The van der Waals surface area contributed by atoms with Crippen LogP contribution < -0.4 is 14.5 Å². The lowest BCUT2D eigenvalue weighted by atomic mass is 10.0. The molecule has 4 aromatic rings. The predicted octanol–water partition coefficient (Wildman–Crippen LogP) is 5.91. The van der Waals surface area contributed by atoms with Crippen molar-refractivity contribution in [3.05, 3.63) is 96.2 Å². The van der Waals surface area contributed by atoms with Gasteiger partial charge in [0.15, 0.2) is 17.2 Å². The Morgan fingerprint density at radius 3 is 2.08 bits per heavy atom. The number of anilines is 1. The summed E-state index contributed by atoms with van der Waals surface area (Å²) in [6.07, 6.45) is -2.11. The molecule has 0 saturated carbocycles. The Balaban J connectivity index is 1.68. The Bertz CT molecular complexity index is 1540. The van der Waals surface area contributed by atoms with Crippen LogP contribution in [0.15, 0.2) is 95.7 Å². The topological polar surface area (TPSA) is 69.0 Å². The number of carbonyl (C=O) groups excluding carboxylic acids is 1. The van der Waals surface area contributed by atoms with Crippen molar-refractivity contribution in [3.8, 4) is 28.4 Å². The number of para-hydroxylation sites is 2. The van der Waals surface area contributed by atoms with Crippen LogP contribution in [0.2, 0.25) is 0 Å².